The van der Waals surface area contributed by atoms with Crippen LogP contribution in [0.1, 0.15) is 35.6 Å². The third-order valence-electron chi connectivity index (χ3n) is 4.57. The number of rotatable bonds is 3. The van der Waals surface area contributed by atoms with Crippen molar-refractivity contribution in [2.75, 3.05) is 0 Å². The van der Waals surface area contributed by atoms with Crippen molar-refractivity contribution in [2.45, 2.75) is 25.9 Å². The summed E-state index contributed by atoms with van der Waals surface area (Å²) < 4.78 is 93.5. The van der Waals surface area contributed by atoms with E-state index in [-0.39, 0.29) is 22.3 Å². The molecule has 3 aromatic rings. The van der Waals surface area contributed by atoms with Gasteiger partial charge in [-0.3, -0.25) is 0 Å². The highest BCUT2D eigenvalue weighted by atomic mass is 19.4. The fraction of sp³-hybridized carbons (Fsp3) is 0.154. The number of halogens is 7. The number of hydrogen-bond donors (Lipinski definition) is 0. The monoisotopic (exact) mass is 460 g/mol. The Labute approximate surface area is 186 Å². The van der Waals surface area contributed by atoms with Crippen molar-refractivity contribution >= 4 is 0 Å². The largest absolute Gasteiger partial charge is 0.458 e. The molecular formula is C26H15F7. The predicted molar refractivity (Wildman–Crippen MR) is 111 cm³/mol. The van der Waals surface area contributed by atoms with Crippen molar-refractivity contribution in [3.8, 4) is 34.8 Å². The van der Waals surface area contributed by atoms with Crippen molar-refractivity contribution in [1.82, 2.24) is 0 Å². The Morgan fingerprint density at radius 3 is 2.00 bits per heavy atom. The van der Waals surface area contributed by atoms with E-state index in [0.717, 1.165) is 30.4 Å². The Morgan fingerprint density at radius 1 is 0.727 bits per heavy atom. The first-order valence-corrected chi connectivity index (χ1v) is 9.76. The Balaban J connectivity index is 1.89. The molecule has 0 saturated carbocycles. The van der Waals surface area contributed by atoms with Crippen molar-refractivity contribution in [1.29, 1.82) is 0 Å². The lowest BCUT2D eigenvalue weighted by atomic mass is 10.0. The molecule has 0 fully saturated rings. The lowest BCUT2D eigenvalue weighted by molar-refractivity contribution is -0.0696. The number of hydrogen-bond acceptors (Lipinski definition) is 0. The topological polar surface area (TPSA) is 0 Å². The molecule has 0 nitrogen and oxygen atoms in total. The van der Waals surface area contributed by atoms with Gasteiger partial charge in [0, 0.05) is 17.0 Å². The highest BCUT2D eigenvalue weighted by Crippen LogP contribution is 2.27. The minimum atomic E-state index is -4.92. The number of aryl methyl sites for hydroxylation is 1. The van der Waals surface area contributed by atoms with Crippen LogP contribution in [0.5, 0.6) is 0 Å². The molecule has 33 heavy (non-hydrogen) atoms. The maximum atomic E-state index is 14.6. The maximum Gasteiger partial charge on any atom is 0.458 e. The molecule has 0 spiro atoms. The van der Waals surface area contributed by atoms with Gasteiger partial charge in [-0.15, -0.1) is 0 Å². The summed E-state index contributed by atoms with van der Waals surface area (Å²) in [6.45, 7) is 1.98. The molecule has 0 unspecified atom stereocenters. The zero-order valence-corrected chi connectivity index (χ0v) is 17.2. The van der Waals surface area contributed by atoms with Crippen molar-refractivity contribution in [3.63, 3.8) is 0 Å². The smallest absolute Gasteiger partial charge is 0.206 e. The third-order valence-corrected chi connectivity index (χ3v) is 4.57. The van der Waals surface area contributed by atoms with Gasteiger partial charge in [0.25, 0.3) is 0 Å². The SMILES string of the molecule is CCCc1ccc(C#Cc2ccc(-c3cc(F)c(C#CC(F)(F)F)c(F)c3)c(F)c2)c(F)c1. The summed E-state index contributed by atoms with van der Waals surface area (Å²) in [5, 5.41) is 0. The van der Waals surface area contributed by atoms with E-state index in [1.165, 1.54) is 30.2 Å². The molecule has 3 aromatic carbocycles. The Morgan fingerprint density at radius 2 is 1.42 bits per heavy atom. The Hall–Kier alpha value is -3.71. The predicted octanol–water partition coefficient (Wildman–Crippen LogP) is 7.18. The van der Waals surface area contributed by atoms with E-state index < -0.39 is 35.0 Å². The zero-order valence-electron chi connectivity index (χ0n) is 17.2. The molecule has 0 aliphatic heterocycles. The van der Waals surface area contributed by atoms with Crippen molar-refractivity contribution in [3.05, 3.63) is 94.1 Å². The molecule has 0 aliphatic carbocycles. The van der Waals surface area contributed by atoms with Crippen LogP contribution < -0.4 is 0 Å². The Kier molecular flexibility index (Phi) is 7.13. The second-order valence-corrected chi connectivity index (χ2v) is 7.07. The number of alkyl halides is 3. The summed E-state index contributed by atoms with van der Waals surface area (Å²) >= 11 is 0. The molecule has 0 bridgehead atoms. The molecule has 0 N–H and O–H groups in total. The molecule has 0 amide bonds. The highest BCUT2D eigenvalue weighted by molar-refractivity contribution is 5.67. The van der Waals surface area contributed by atoms with E-state index >= 15 is 0 Å². The van der Waals surface area contributed by atoms with Crippen molar-refractivity contribution in [2.24, 2.45) is 0 Å². The minimum Gasteiger partial charge on any atom is -0.206 e. The van der Waals surface area contributed by atoms with Crippen LogP contribution in [0, 0.1) is 47.0 Å². The first-order chi connectivity index (χ1) is 15.6. The van der Waals surface area contributed by atoms with Gasteiger partial charge in [-0.25, -0.2) is 17.6 Å². The fourth-order valence-corrected chi connectivity index (χ4v) is 3.05. The first kappa shape index (κ1) is 23.9. The summed E-state index contributed by atoms with van der Waals surface area (Å²) in [4.78, 5) is 0. The molecule has 0 atom stereocenters. The van der Waals surface area contributed by atoms with Gasteiger partial charge < -0.3 is 0 Å². The normalized spacial score (nSPS) is 10.8. The van der Waals surface area contributed by atoms with Crippen LogP contribution >= 0.6 is 0 Å². The van der Waals surface area contributed by atoms with Gasteiger partial charge in [0.1, 0.15) is 23.3 Å². The van der Waals surface area contributed by atoms with Gasteiger partial charge >= 0.3 is 6.18 Å². The lowest BCUT2D eigenvalue weighted by Gasteiger charge is -2.07. The van der Waals surface area contributed by atoms with Gasteiger partial charge in [0.2, 0.25) is 0 Å². The summed E-state index contributed by atoms with van der Waals surface area (Å²) in [6, 6.07) is 9.68. The quantitative estimate of drug-likeness (QED) is 0.287. The van der Waals surface area contributed by atoms with Crippen LogP contribution in [-0.4, -0.2) is 6.18 Å². The van der Waals surface area contributed by atoms with Crippen LogP contribution in [0.3, 0.4) is 0 Å². The van der Waals surface area contributed by atoms with Crippen LogP contribution in [0.15, 0.2) is 48.5 Å². The molecule has 0 saturated heterocycles. The van der Waals surface area contributed by atoms with E-state index in [1.54, 1.807) is 6.07 Å². The van der Waals surface area contributed by atoms with Gasteiger partial charge in [0.15, 0.2) is 0 Å². The first-order valence-electron chi connectivity index (χ1n) is 9.76. The molecule has 0 heterocycles. The summed E-state index contributed by atoms with van der Waals surface area (Å²) in [5.41, 5.74) is -0.307. The van der Waals surface area contributed by atoms with Gasteiger partial charge in [-0.1, -0.05) is 43.2 Å². The summed E-state index contributed by atoms with van der Waals surface area (Å²) in [6.07, 6.45) is -3.32. The average molecular weight is 460 g/mol. The van der Waals surface area contributed by atoms with E-state index in [0.29, 0.717) is 12.1 Å². The molecule has 0 aromatic heterocycles. The van der Waals surface area contributed by atoms with Crippen molar-refractivity contribution < 1.29 is 30.7 Å². The van der Waals surface area contributed by atoms with E-state index in [4.69, 9.17) is 0 Å². The van der Waals surface area contributed by atoms with Crippen LogP contribution in [0.4, 0.5) is 30.7 Å². The minimum absolute atomic E-state index is 0.138. The highest BCUT2D eigenvalue weighted by Gasteiger charge is 2.23. The molecule has 7 heteroatoms. The standard InChI is InChI=1S/C26H15F7/c1-2-3-16-4-7-18(22(27)12-16)8-5-17-6-9-20(23(28)13-17)19-14-24(29)21(25(30)15-19)10-11-26(31,32)33/h4,6-7,9,12-15H,2-3H2,1H3. The van der Waals surface area contributed by atoms with Crippen LogP contribution in [0.2, 0.25) is 0 Å². The van der Waals surface area contributed by atoms with E-state index in [1.807, 2.05) is 6.92 Å². The average Bonchev–Trinajstić information content (AvgIpc) is 2.72. The lowest BCUT2D eigenvalue weighted by Crippen LogP contribution is -2.02. The van der Waals surface area contributed by atoms with E-state index in [9.17, 15) is 30.7 Å². The third kappa shape index (κ3) is 6.17. The molecule has 168 valence electrons. The van der Waals surface area contributed by atoms with E-state index in [2.05, 4.69) is 11.8 Å². The Bertz CT molecular complexity index is 1290. The van der Waals surface area contributed by atoms with Gasteiger partial charge in [-0.05, 0) is 53.9 Å². The molecule has 3 rings (SSSR count). The second kappa shape index (κ2) is 9.83. The zero-order chi connectivity index (χ0) is 24.2. The van der Waals surface area contributed by atoms with Gasteiger partial charge in [-0.2, -0.15) is 13.2 Å². The van der Waals surface area contributed by atoms with Crippen LogP contribution in [-0.2, 0) is 6.42 Å². The molecule has 0 aliphatic rings. The number of benzene rings is 3. The molecular weight excluding hydrogens is 445 g/mol. The summed E-state index contributed by atoms with van der Waals surface area (Å²) in [7, 11) is 0. The van der Waals surface area contributed by atoms with Gasteiger partial charge in [0.05, 0.1) is 11.1 Å². The second-order valence-electron chi connectivity index (χ2n) is 7.07. The van der Waals surface area contributed by atoms with Crippen LogP contribution in [0.25, 0.3) is 11.1 Å². The molecule has 0 radical (unpaired) electrons. The maximum absolute atomic E-state index is 14.6. The fourth-order valence-electron chi connectivity index (χ4n) is 3.05. The summed E-state index contributed by atoms with van der Waals surface area (Å²) in [5.74, 6) is 3.37.